The summed E-state index contributed by atoms with van der Waals surface area (Å²) in [4.78, 5) is 2.36. The van der Waals surface area contributed by atoms with Gasteiger partial charge in [0.15, 0.2) is 0 Å². The number of nitrogens with zero attached hydrogens (tertiary/aromatic N) is 2. The molecule has 12 aromatic carbocycles. The molecule has 2 heteroatoms. The molecule has 0 radical (unpaired) electrons. The smallest absolute Gasteiger partial charge is 0.0541 e. The first-order valence-corrected chi connectivity index (χ1v) is 24.1. The third-order valence-electron chi connectivity index (χ3n) is 14.0. The molecule has 0 N–H and O–H groups in total. The van der Waals surface area contributed by atoms with E-state index in [1.165, 1.54) is 99.0 Å². The summed E-state index contributed by atoms with van der Waals surface area (Å²) in [6, 6.07) is 102. The van der Waals surface area contributed by atoms with E-state index in [2.05, 4.69) is 289 Å². The SMILES string of the molecule is c1ccc(-c2ccc(-n3c4ccccc4c4cc(-c5ccc(-c6ccc(N(c7ccc(-c8cccc9ccccc89)cc7)c7ccc(-c8cccc9ccccc89)cc7)cc6)cc5)ccc43)cc2)cc1. The summed E-state index contributed by atoms with van der Waals surface area (Å²) in [5.74, 6) is 0. The highest BCUT2D eigenvalue weighted by Gasteiger charge is 2.17. The van der Waals surface area contributed by atoms with Gasteiger partial charge in [0.25, 0.3) is 0 Å². The number of rotatable bonds is 9. The molecule has 70 heavy (non-hydrogen) atoms. The lowest BCUT2D eigenvalue weighted by molar-refractivity contribution is 1.18. The molecule has 0 atom stereocenters. The number of para-hydroxylation sites is 1. The minimum atomic E-state index is 1.09. The Bertz CT molecular complexity index is 3870. The zero-order chi connectivity index (χ0) is 46.4. The van der Waals surface area contributed by atoms with Crippen LogP contribution in [0.5, 0.6) is 0 Å². The van der Waals surface area contributed by atoms with Crippen LogP contribution in [0.1, 0.15) is 0 Å². The zero-order valence-electron chi connectivity index (χ0n) is 38.5. The van der Waals surface area contributed by atoms with E-state index in [1.54, 1.807) is 0 Å². The van der Waals surface area contributed by atoms with Crippen LogP contribution in [0.25, 0.3) is 105 Å². The number of fused-ring (bicyclic) bond motifs is 5. The molecule has 1 aromatic heterocycles. The topological polar surface area (TPSA) is 8.17 Å². The Balaban J connectivity index is 0.813. The molecule has 0 saturated heterocycles. The summed E-state index contributed by atoms with van der Waals surface area (Å²) in [5, 5.41) is 7.50. The highest BCUT2D eigenvalue weighted by Crippen LogP contribution is 2.41. The minimum absolute atomic E-state index is 1.09. The van der Waals surface area contributed by atoms with Gasteiger partial charge in [0.1, 0.15) is 0 Å². The van der Waals surface area contributed by atoms with E-state index < -0.39 is 0 Å². The quantitative estimate of drug-likeness (QED) is 0.140. The Morgan fingerprint density at radius 1 is 0.229 bits per heavy atom. The Kier molecular flexibility index (Phi) is 10.2. The number of hydrogen-bond donors (Lipinski definition) is 0. The molecule has 0 aliphatic heterocycles. The van der Waals surface area contributed by atoms with Crippen LogP contribution in [-0.4, -0.2) is 4.57 Å². The van der Waals surface area contributed by atoms with Gasteiger partial charge in [-0.05, 0) is 144 Å². The maximum atomic E-state index is 2.39. The first kappa shape index (κ1) is 41.0. The van der Waals surface area contributed by atoms with Crippen molar-refractivity contribution in [3.63, 3.8) is 0 Å². The van der Waals surface area contributed by atoms with Gasteiger partial charge in [0, 0.05) is 33.5 Å². The van der Waals surface area contributed by atoms with E-state index in [0.717, 1.165) is 22.7 Å². The maximum Gasteiger partial charge on any atom is 0.0541 e. The monoisotopic (exact) mass is 890 g/mol. The average molecular weight is 891 g/mol. The second-order valence-corrected chi connectivity index (χ2v) is 18.1. The fraction of sp³-hybridized carbons (Fsp3) is 0. The van der Waals surface area contributed by atoms with Crippen molar-refractivity contribution in [3.05, 3.63) is 279 Å². The number of hydrogen-bond acceptors (Lipinski definition) is 1. The van der Waals surface area contributed by atoms with Crippen LogP contribution in [0.2, 0.25) is 0 Å². The van der Waals surface area contributed by atoms with Crippen LogP contribution in [0.3, 0.4) is 0 Å². The lowest BCUT2D eigenvalue weighted by Gasteiger charge is -2.26. The summed E-state index contributed by atoms with van der Waals surface area (Å²) in [7, 11) is 0. The molecule has 0 amide bonds. The van der Waals surface area contributed by atoms with Crippen LogP contribution in [0.15, 0.2) is 279 Å². The lowest BCUT2D eigenvalue weighted by atomic mass is 9.97. The molecule has 0 bridgehead atoms. The third-order valence-corrected chi connectivity index (χ3v) is 14.0. The standard InChI is InChI=1S/C68H46N2/c1-2-12-47(13-3-1)49-30-39-60(40-31-49)70-67-23-9-8-20-65(67)66-46-56(36-45-68(66)70)51-26-24-48(25-27-51)50-28-37-57(38-29-50)69(58-41-32-54(33-42-58)63-21-10-16-52-14-4-6-18-61(52)63)59-43-34-55(35-44-59)64-22-11-17-53-15-5-7-19-62(53)64/h1-46H. The molecule has 2 nitrogen and oxygen atoms in total. The Labute approximate surface area is 408 Å². The maximum absolute atomic E-state index is 2.39. The molecule has 0 saturated carbocycles. The zero-order valence-corrected chi connectivity index (χ0v) is 38.5. The van der Waals surface area contributed by atoms with Gasteiger partial charge in [-0.3, -0.25) is 0 Å². The van der Waals surface area contributed by atoms with Crippen LogP contribution in [0, 0.1) is 0 Å². The van der Waals surface area contributed by atoms with Gasteiger partial charge in [0.2, 0.25) is 0 Å². The predicted octanol–water partition coefficient (Wildman–Crippen LogP) is 18.9. The summed E-state index contributed by atoms with van der Waals surface area (Å²) in [6.07, 6.45) is 0. The molecule has 0 aliphatic carbocycles. The van der Waals surface area contributed by atoms with Gasteiger partial charge in [-0.15, -0.1) is 0 Å². The van der Waals surface area contributed by atoms with Crippen molar-refractivity contribution in [2.45, 2.75) is 0 Å². The van der Waals surface area contributed by atoms with Gasteiger partial charge in [0.05, 0.1) is 11.0 Å². The van der Waals surface area contributed by atoms with E-state index in [1.807, 2.05) is 0 Å². The van der Waals surface area contributed by atoms with Gasteiger partial charge in [-0.2, -0.15) is 0 Å². The molecule has 0 aliphatic rings. The van der Waals surface area contributed by atoms with Crippen molar-refractivity contribution < 1.29 is 0 Å². The molecule has 1 heterocycles. The van der Waals surface area contributed by atoms with Gasteiger partial charge >= 0.3 is 0 Å². The Hall–Kier alpha value is -9.24. The van der Waals surface area contributed by atoms with Crippen molar-refractivity contribution >= 4 is 60.4 Å². The van der Waals surface area contributed by atoms with Crippen molar-refractivity contribution in [1.29, 1.82) is 0 Å². The minimum Gasteiger partial charge on any atom is -0.311 e. The van der Waals surface area contributed by atoms with Crippen molar-refractivity contribution in [2.24, 2.45) is 0 Å². The van der Waals surface area contributed by atoms with E-state index in [9.17, 15) is 0 Å². The van der Waals surface area contributed by atoms with Crippen molar-refractivity contribution in [3.8, 4) is 61.3 Å². The van der Waals surface area contributed by atoms with Crippen LogP contribution in [0.4, 0.5) is 17.1 Å². The van der Waals surface area contributed by atoms with E-state index in [4.69, 9.17) is 0 Å². The number of anilines is 3. The summed E-state index contributed by atoms with van der Waals surface area (Å²) < 4.78 is 2.39. The Morgan fingerprint density at radius 2 is 0.600 bits per heavy atom. The third kappa shape index (κ3) is 7.40. The van der Waals surface area contributed by atoms with E-state index >= 15 is 0 Å². The summed E-state index contributed by atoms with van der Waals surface area (Å²) in [5.41, 5.74) is 18.9. The fourth-order valence-electron chi connectivity index (χ4n) is 10.5. The second-order valence-electron chi connectivity index (χ2n) is 18.1. The fourth-order valence-corrected chi connectivity index (χ4v) is 10.5. The molecule has 0 spiro atoms. The molecule has 0 fully saturated rings. The molecule has 13 rings (SSSR count). The molecule has 13 aromatic rings. The van der Waals surface area contributed by atoms with E-state index in [0.29, 0.717) is 0 Å². The predicted molar refractivity (Wildman–Crippen MR) is 298 cm³/mol. The number of aromatic nitrogens is 1. The van der Waals surface area contributed by atoms with Crippen LogP contribution in [-0.2, 0) is 0 Å². The average Bonchev–Trinajstić information content (AvgIpc) is 3.77. The second kappa shape index (κ2) is 17.4. The largest absolute Gasteiger partial charge is 0.311 e. The molecular formula is C68H46N2. The van der Waals surface area contributed by atoms with Gasteiger partial charge < -0.3 is 9.47 Å². The highest BCUT2D eigenvalue weighted by molar-refractivity contribution is 6.10. The normalized spacial score (nSPS) is 11.4. The summed E-state index contributed by atoms with van der Waals surface area (Å²) in [6.45, 7) is 0. The highest BCUT2D eigenvalue weighted by atomic mass is 15.1. The van der Waals surface area contributed by atoms with E-state index in [-0.39, 0.29) is 0 Å². The lowest BCUT2D eigenvalue weighted by Crippen LogP contribution is -2.09. The number of benzene rings is 12. The summed E-state index contributed by atoms with van der Waals surface area (Å²) >= 11 is 0. The molecule has 328 valence electrons. The Morgan fingerprint density at radius 3 is 1.14 bits per heavy atom. The van der Waals surface area contributed by atoms with Crippen molar-refractivity contribution in [1.82, 2.24) is 4.57 Å². The van der Waals surface area contributed by atoms with Gasteiger partial charge in [-0.25, -0.2) is 0 Å². The van der Waals surface area contributed by atoms with Crippen LogP contribution >= 0.6 is 0 Å². The van der Waals surface area contributed by atoms with Crippen LogP contribution < -0.4 is 4.90 Å². The van der Waals surface area contributed by atoms with Gasteiger partial charge in [-0.1, -0.05) is 212 Å². The molecular weight excluding hydrogens is 845 g/mol. The van der Waals surface area contributed by atoms with Crippen molar-refractivity contribution in [2.75, 3.05) is 4.90 Å². The first-order valence-electron chi connectivity index (χ1n) is 24.1. The first-order chi connectivity index (χ1) is 34.7. The molecule has 0 unspecified atom stereocenters.